The Balaban J connectivity index is 1.64. The Morgan fingerprint density at radius 3 is 2.54 bits per heavy atom. The fraction of sp³-hybridized carbons (Fsp3) is 0.263. The zero-order chi connectivity index (χ0) is 16.5. The van der Waals surface area contributed by atoms with E-state index < -0.39 is 0 Å². The summed E-state index contributed by atoms with van der Waals surface area (Å²) < 4.78 is 1.66. The van der Waals surface area contributed by atoms with Crippen molar-refractivity contribution >= 4 is 17.2 Å². The predicted octanol–water partition coefficient (Wildman–Crippen LogP) is 3.29. The van der Waals surface area contributed by atoms with Crippen LogP contribution in [0.15, 0.2) is 54.0 Å². The molecule has 0 saturated carbocycles. The fourth-order valence-electron chi connectivity index (χ4n) is 3.42. The molecule has 1 amide bonds. The first-order valence-electron chi connectivity index (χ1n) is 8.10. The summed E-state index contributed by atoms with van der Waals surface area (Å²) >= 11 is 1.70. The van der Waals surface area contributed by atoms with Crippen LogP contribution in [-0.4, -0.2) is 26.6 Å². The highest BCUT2D eigenvalue weighted by atomic mass is 32.1. The summed E-state index contributed by atoms with van der Waals surface area (Å²) in [7, 11) is 1.82. The third-order valence-electron chi connectivity index (χ3n) is 4.68. The second-order valence-corrected chi connectivity index (χ2v) is 7.22. The molecule has 24 heavy (non-hydrogen) atoms. The summed E-state index contributed by atoms with van der Waals surface area (Å²) in [6.07, 6.45) is 3.52. The number of aromatic nitrogens is 2. The molecule has 0 unspecified atom stereocenters. The van der Waals surface area contributed by atoms with Crippen LogP contribution in [0.1, 0.15) is 26.5 Å². The Morgan fingerprint density at radius 2 is 1.96 bits per heavy atom. The van der Waals surface area contributed by atoms with Crippen molar-refractivity contribution in [2.75, 3.05) is 0 Å². The van der Waals surface area contributed by atoms with Crippen molar-refractivity contribution in [3.63, 3.8) is 0 Å². The zero-order valence-electron chi connectivity index (χ0n) is 13.6. The minimum atomic E-state index is 0.0567. The number of hydrogen-bond acceptors (Lipinski definition) is 3. The molecule has 1 aromatic carbocycles. The Morgan fingerprint density at radius 1 is 1.21 bits per heavy atom. The smallest absolute Gasteiger partial charge is 0.272 e. The van der Waals surface area contributed by atoms with E-state index in [0.717, 1.165) is 12.8 Å². The fourth-order valence-corrected chi connectivity index (χ4v) is 4.13. The van der Waals surface area contributed by atoms with Gasteiger partial charge in [0.25, 0.3) is 5.91 Å². The SMILES string of the molecule is Cn1nccc1C(=O)N(Cc1cccs1)C1Cc2ccccc2C1. The highest BCUT2D eigenvalue weighted by Crippen LogP contribution is 2.28. The lowest BCUT2D eigenvalue weighted by atomic mass is 10.1. The van der Waals surface area contributed by atoms with Gasteiger partial charge in [0.05, 0.1) is 6.54 Å². The second-order valence-electron chi connectivity index (χ2n) is 6.18. The maximum Gasteiger partial charge on any atom is 0.272 e. The molecule has 0 saturated heterocycles. The van der Waals surface area contributed by atoms with Crippen molar-refractivity contribution in [1.29, 1.82) is 0 Å². The van der Waals surface area contributed by atoms with E-state index in [0.29, 0.717) is 12.2 Å². The van der Waals surface area contributed by atoms with Crippen LogP contribution in [0, 0.1) is 0 Å². The molecule has 2 heterocycles. The Bertz CT molecular complexity index is 828. The van der Waals surface area contributed by atoms with Gasteiger partial charge in [0, 0.05) is 24.2 Å². The molecule has 0 atom stereocenters. The van der Waals surface area contributed by atoms with Gasteiger partial charge in [-0.3, -0.25) is 9.48 Å². The van der Waals surface area contributed by atoms with Gasteiger partial charge in [-0.15, -0.1) is 11.3 Å². The number of carbonyl (C=O) groups excluding carboxylic acids is 1. The average Bonchev–Trinajstić information content (AvgIpc) is 3.32. The summed E-state index contributed by atoms with van der Waals surface area (Å²) in [5, 5.41) is 6.22. The standard InChI is InChI=1S/C19H19N3OS/c1-21-18(8-9-20-21)19(23)22(13-17-7-4-10-24-17)16-11-14-5-2-3-6-15(14)12-16/h2-10,16H,11-13H2,1H3. The molecule has 5 heteroatoms. The normalized spacial score (nSPS) is 13.9. The number of thiophene rings is 1. The molecule has 0 bridgehead atoms. The van der Waals surface area contributed by atoms with Crippen molar-refractivity contribution in [2.45, 2.75) is 25.4 Å². The third-order valence-corrected chi connectivity index (χ3v) is 5.54. The first kappa shape index (κ1) is 15.1. The van der Waals surface area contributed by atoms with E-state index in [9.17, 15) is 4.79 Å². The van der Waals surface area contributed by atoms with Crippen LogP contribution >= 0.6 is 11.3 Å². The van der Waals surface area contributed by atoms with Crippen molar-refractivity contribution in [1.82, 2.24) is 14.7 Å². The minimum absolute atomic E-state index is 0.0567. The average molecular weight is 337 g/mol. The first-order chi connectivity index (χ1) is 11.7. The van der Waals surface area contributed by atoms with Crippen LogP contribution in [-0.2, 0) is 26.4 Å². The molecule has 2 aromatic heterocycles. The van der Waals surface area contributed by atoms with Gasteiger partial charge < -0.3 is 4.90 Å². The molecule has 3 aromatic rings. The molecule has 4 nitrogen and oxygen atoms in total. The van der Waals surface area contributed by atoms with Gasteiger partial charge in [-0.1, -0.05) is 30.3 Å². The van der Waals surface area contributed by atoms with E-state index in [1.165, 1.54) is 16.0 Å². The Labute approximate surface area is 145 Å². The van der Waals surface area contributed by atoms with Gasteiger partial charge in [0.1, 0.15) is 5.69 Å². The first-order valence-corrected chi connectivity index (χ1v) is 8.98. The molecule has 0 radical (unpaired) electrons. The van der Waals surface area contributed by atoms with Crippen molar-refractivity contribution in [3.05, 3.63) is 75.7 Å². The monoisotopic (exact) mass is 337 g/mol. The van der Waals surface area contributed by atoms with E-state index in [1.54, 1.807) is 28.3 Å². The summed E-state index contributed by atoms with van der Waals surface area (Å²) in [5.41, 5.74) is 3.36. The molecule has 0 aliphatic heterocycles. The lowest BCUT2D eigenvalue weighted by Gasteiger charge is -2.28. The molecule has 4 rings (SSSR count). The molecule has 0 spiro atoms. The molecular formula is C19H19N3OS. The number of rotatable bonds is 4. The van der Waals surface area contributed by atoms with Crippen molar-refractivity contribution in [3.8, 4) is 0 Å². The second kappa shape index (κ2) is 6.24. The summed E-state index contributed by atoms with van der Waals surface area (Å²) in [5.74, 6) is 0.0567. The van der Waals surface area contributed by atoms with Crippen LogP contribution in [0.3, 0.4) is 0 Å². The van der Waals surface area contributed by atoms with Crippen molar-refractivity contribution < 1.29 is 4.79 Å². The number of carbonyl (C=O) groups is 1. The molecule has 0 N–H and O–H groups in total. The lowest BCUT2D eigenvalue weighted by molar-refractivity contribution is 0.0658. The van der Waals surface area contributed by atoms with Crippen molar-refractivity contribution in [2.24, 2.45) is 7.05 Å². The quantitative estimate of drug-likeness (QED) is 0.733. The molecule has 1 aliphatic rings. The van der Waals surface area contributed by atoms with Gasteiger partial charge in [0.15, 0.2) is 0 Å². The van der Waals surface area contributed by atoms with E-state index in [1.807, 2.05) is 18.0 Å². The van der Waals surface area contributed by atoms with E-state index in [2.05, 4.69) is 40.8 Å². The minimum Gasteiger partial charge on any atom is -0.329 e. The van der Waals surface area contributed by atoms with Crippen LogP contribution in [0.25, 0.3) is 0 Å². The van der Waals surface area contributed by atoms with E-state index in [4.69, 9.17) is 0 Å². The largest absolute Gasteiger partial charge is 0.329 e. The van der Waals surface area contributed by atoms with E-state index >= 15 is 0 Å². The summed E-state index contributed by atoms with van der Waals surface area (Å²) in [6, 6.07) is 14.6. The van der Waals surface area contributed by atoms with Gasteiger partial charge >= 0.3 is 0 Å². The number of amides is 1. The van der Waals surface area contributed by atoms with Gasteiger partial charge in [-0.2, -0.15) is 5.10 Å². The van der Waals surface area contributed by atoms with E-state index in [-0.39, 0.29) is 11.9 Å². The van der Waals surface area contributed by atoms with Crippen LogP contribution in [0.2, 0.25) is 0 Å². The molecule has 0 fully saturated rings. The number of benzene rings is 1. The highest BCUT2D eigenvalue weighted by molar-refractivity contribution is 7.09. The molecule has 122 valence electrons. The molecule has 1 aliphatic carbocycles. The Kier molecular flexibility index (Phi) is 3.94. The third kappa shape index (κ3) is 2.76. The number of nitrogens with zero attached hydrogens (tertiary/aromatic N) is 3. The van der Waals surface area contributed by atoms with Crippen LogP contribution in [0.5, 0.6) is 0 Å². The maximum atomic E-state index is 13.2. The summed E-state index contributed by atoms with van der Waals surface area (Å²) in [4.78, 5) is 16.4. The predicted molar refractivity (Wildman–Crippen MR) is 95.0 cm³/mol. The zero-order valence-corrected chi connectivity index (χ0v) is 14.4. The van der Waals surface area contributed by atoms with Gasteiger partial charge in [-0.05, 0) is 41.5 Å². The number of aryl methyl sites for hydroxylation is 1. The molecular weight excluding hydrogens is 318 g/mol. The van der Waals surface area contributed by atoms with Crippen LogP contribution < -0.4 is 0 Å². The van der Waals surface area contributed by atoms with Gasteiger partial charge in [0.2, 0.25) is 0 Å². The Hall–Kier alpha value is -2.40. The maximum absolute atomic E-state index is 13.2. The van der Waals surface area contributed by atoms with Crippen LogP contribution in [0.4, 0.5) is 0 Å². The lowest BCUT2D eigenvalue weighted by Crippen LogP contribution is -2.41. The summed E-state index contributed by atoms with van der Waals surface area (Å²) in [6.45, 7) is 0.653. The topological polar surface area (TPSA) is 38.1 Å². The highest BCUT2D eigenvalue weighted by Gasteiger charge is 2.31. The number of hydrogen-bond donors (Lipinski definition) is 0. The number of fused-ring (bicyclic) bond motifs is 1. The van der Waals surface area contributed by atoms with Gasteiger partial charge in [-0.25, -0.2) is 0 Å².